The summed E-state index contributed by atoms with van der Waals surface area (Å²) in [5, 5.41) is 3.08. The maximum absolute atomic E-state index is 13.3. The minimum absolute atomic E-state index is 0.143. The molecular formula is C18H15FN2OS2. The quantitative estimate of drug-likeness (QED) is 0.648. The average Bonchev–Trinajstić information content (AvgIpc) is 2.83. The van der Waals surface area contributed by atoms with E-state index in [1.54, 1.807) is 6.07 Å². The van der Waals surface area contributed by atoms with Crippen molar-refractivity contribution in [1.82, 2.24) is 4.90 Å². The molecule has 0 atom stereocenters. The summed E-state index contributed by atoms with van der Waals surface area (Å²) >= 11 is 6.57. The Morgan fingerprint density at radius 1 is 1.25 bits per heavy atom. The predicted molar refractivity (Wildman–Crippen MR) is 101 cm³/mol. The van der Waals surface area contributed by atoms with Gasteiger partial charge in [0.05, 0.1) is 11.6 Å². The van der Waals surface area contributed by atoms with E-state index >= 15 is 0 Å². The van der Waals surface area contributed by atoms with Gasteiger partial charge >= 0.3 is 0 Å². The van der Waals surface area contributed by atoms with Crippen LogP contribution in [0.25, 0.3) is 6.08 Å². The second-order valence-corrected chi connectivity index (χ2v) is 6.99. The summed E-state index contributed by atoms with van der Waals surface area (Å²) in [5.74, 6) is -0.465. The first-order chi connectivity index (χ1) is 11.5. The van der Waals surface area contributed by atoms with Crippen molar-refractivity contribution in [2.24, 2.45) is 0 Å². The number of rotatable bonds is 4. The van der Waals surface area contributed by atoms with E-state index in [0.717, 1.165) is 11.1 Å². The van der Waals surface area contributed by atoms with E-state index in [4.69, 9.17) is 12.2 Å². The molecule has 1 fully saturated rings. The number of thiocarbonyl (C=S) groups is 1. The van der Waals surface area contributed by atoms with E-state index < -0.39 is 0 Å². The summed E-state index contributed by atoms with van der Waals surface area (Å²) in [6.45, 7) is 2.09. The highest BCUT2D eigenvalue weighted by Crippen LogP contribution is 2.32. The highest BCUT2D eigenvalue weighted by molar-refractivity contribution is 8.26. The van der Waals surface area contributed by atoms with Gasteiger partial charge < -0.3 is 5.32 Å². The van der Waals surface area contributed by atoms with Crippen LogP contribution in [-0.2, 0) is 4.79 Å². The summed E-state index contributed by atoms with van der Waals surface area (Å²) in [6, 6.07) is 14.1. The van der Waals surface area contributed by atoms with E-state index in [2.05, 4.69) is 5.32 Å². The van der Waals surface area contributed by atoms with Gasteiger partial charge in [0.15, 0.2) is 0 Å². The van der Waals surface area contributed by atoms with Gasteiger partial charge in [0.25, 0.3) is 5.91 Å². The fourth-order valence-corrected chi connectivity index (χ4v) is 3.54. The van der Waals surface area contributed by atoms with E-state index in [0.29, 0.717) is 14.9 Å². The van der Waals surface area contributed by atoms with Crippen molar-refractivity contribution in [1.29, 1.82) is 0 Å². The van der Waals surface area contributed by atoms with E-state index in [1.165, 1.54) is 28.8 Å². The highest BCUT2D eigenvalue weighted by Gasteiger charge is 2.31. The number of nitrogens with zero attached hydrogens (tertiary/aromatic N) is 1. The zero-order chi connectivity index (χ0) is 17.1. The molecule has 0 aliphatic carbocycles. The molecule has 1 saturated heterocycles. The topological polar surface area (TPSA) is 32.3 Å². The molecular weight excluding hydrogens is 343 g/mol. The molecule has 1 aliphatic rings. The van der Waals surface area contributed by atoms with Gasteiger partial charge in [0.2, 0.25) is 0 Å². The number of benzene rings is 2. The Hall–Kier alpha value is -2.18. The van der Waals surface area contributed by atoms with Crippen LogP contribution in [0.3, 0.4) is 0 Å². The average molecular weight is 358 g/mol. The molecule has 1 aliphatic heterocycles. The molecule has 2 aromatic carbocycles. The number of hydrogen-bond acceptors (Lipinski definition) is 4. The molecule has 0 radical (unpaired) electrons. The molecule has 3 rings (SSSR count). The third-order valence-electron chi connectivity index (χ3n) is 3.60. The van der Waals surface area contributed by atoms with Crippen molar-refractivity contribution < 1.29 is 9.18 Å². The van der Waals surface area contributed by atoms with Gasteiger partial charge in [-0.15, -0.1) is 0 Å². The normalized spacial score (nSPS) is 16.1. The van der Waals surface area contributed by atoms with Crippen LogP contribution in [0.4, 0.5) is 10.1 Å². The lowest BCUT2D eigenvalue weighted by atomic mass is 10.2. The molecule has 0 unspecified atom stereocenters. The van der Waals surface area contributed by atoms with Crippen LogP contribution in [-0.4, -0.2) is 21.8 Å². The Kier molecular flexibility index (Phi) is 4.97. The standard InChI is InChI=1S/C18H15FN2OS2/c1-12-7-8-14(19)10-15(12)20-11-21-17(22)16(24-18(21)23)9-13-5-3-2-4-6-13/h2-10,20H,11H2,1H3/b16-9-. The number of carbonyl (C=O) groups excluding carboxylic acids is 1. The number of anilines is 1. The van der Waals surface area contributed by atoms with Crippen molar-refractivity contribution in [3.63, 3.8) is 0 Å². The van der Waals surface area contributed by atoms with Crippen LogP contribution < -0.4 is 5.32 Å². The smallest absolute Gasteiger partial charge is 0.267 e. The predicted octanol–water partition coefficient (Wildman–Crippen LogP) is 4.40. The summed E-state index contributed by atoms with van der Waals surface area (Å²) in [5.41, 5.74) is 2.50. The summed E-state index contributed by atoms with van der Waals surface area (Å²) in [6.07, 6.45) is 1.83. The molecule has 3 nitrogen and oxygen atoms in total. The fraction of sp³-hybridized carbons (Fsp3) is 0.111. The van der Waals surface area contributed by atoms with E-state index in [-0.39, 0.29) is 18.4 Å². The van der Waals surface area contributed by atoms with Crippen LogP contribution in [0.1, 0.15) is 11.1 Å². The Morgan fingerprint density at radius 2 is 2.00 bits per heavy atom. The van der Waals surface area contributed by atoms with Crippen LogP contribution >= 0.6 is 24.0 Å². The zero-order valence-corrected chi connectivity index (χ0v) is 14.6. The Morgan fingerprint density at radius 3 is 2.75 bits per heavy atom. The number of amides is 1. The number of nitrogens with one attached hydrogen (secondary N) is 1. The first kappa shape index (κ1) is 16.7. The lowest BCUT2D eigenvalue weighted by Crippen LogP contribution is -2.33. The maximum Gasteiger partial charge on any atom is 0.267 e. The summed E-state index contributed by atoms with van der Waals surface area (Å²) in [7, 11) is 0. The van der Waals surface area contributed by atoms with Crippen molar-refractivity contribution in [2.45, 2.75) is 6.92 Å². The largest absolute Gasteiger partial charge is 0.367 e. The van der Waals surface area contributed by atoms with Gasteiger partial charge in [0, 0.05) is 5.69 Å². The second kappa shape index (κ2) is 7.15. The van der Waals surface area contributed by atoms with Crippen LogP contribution in [0.2, 0.25) is 0 Å². The van der Waals surface area contributed by atoms with Gasteiger partial charge in [-0.25, -0.2) is 4.39 Å². The summed E-state index contributed by atoms with van der Waals surface area (Å²) in [4.78, 5) is 14.6. The number of thioether (sulfide) groups is 1. The molecule has 122 valence electrons. The van der Waals surface area contributed by atoms with Crippen LogP contribution in [0.15, 0.2) is 53.4 Å². The van der Waals surface area contributed by atoms with E-state index in [1.807, 2.05) is 43.3 Å². The number of carbonyl (C=O) groups is 1. The van der Waals surface area contributed by atoms with Gasteiger partial charge in [-0.1, -0.05) is 60.4 Å². The van der Waals surface area contributed by atoms with Gasteiger partial charge in [-0.05, 0) is 36.3 Å². The first-order valence-corrected chi connectivity index (χ1v) is 8.57. The molecule has 0 spiro atoms. The van der Waals surface area contributed by atoms with Gasteiger partial charge in [-0.2, -0.15) is 0 Å². The Labute approximate surface area is 149 Å². The molecule has 6 heteroatoms. The van der Waals surface area contributed by atoms with Crippen molar-refractivity contribution >= 4 is 46.0 Å². The lowest BCUT2D eigenvalue weighted by molar-refractivity contribution is -0.121. The maximum atomic E-state index is 13.3. The molecule has 1 heterocycles. The molecule has 0 aromatic heterocycles. The monoisotopic (exact) mass is 358 g/mol. The number of aryl methyl sites for hydroxylation is 1. The SMILES string of the molecule is Cc1ccc(F)cc1NCN1C(=O)/C(=C/c2ccccc2)SC1=S. The van der Waals surface area contributed by atoms with Crippen molar-refractivity contribution in [2.75, 3.05) is 12.0 Å². The lowest BCUT2D eigenvalue weighted by Gasteiger charge is -2.17. The molecule has 1 N–H and O–H groups in total. The van der Waals surface area contributed by atoms with Crippen molar-refractivity contribution in [3.8, 4) is 0 Å². The van der Waals surface area contributed by atoms with Crippen LogP contribution in [0.5, 0.6) is 0 Å². The Balaban J connectivity index is 1.73. The molecule has 0 bridgehead atoms. The molecule has 24 heavy (non-hydrogen) atoms. The Bertz CT molecular complexity index is 821. The minimum atomic E-state index is -0.322. The fourth-order valence-electron chi connectivity index (χ4n) is 2.29. The minimum Gasteiger partial charge on any atom is -0.367 e. The van der Waals surface area contributed by atoms with Gasteiger partial charge in [-0.3, -0.25) is 9.69 Å². The van der Waals surface area contributed by atoms with Crippen molar-refractivity contribution in [3.05, 3.63) is 70.4 Å². The molecule has 0 saturated carbocycles. The molecule has 1 amide bonds. The van der Waals surface area contributed by atoms with E-state index in [9.17, 15) is 9.18 Å². The number of halogens is 1. The first-order valence-electron chi connectivity index (χ1n) is 7.35. The molecule has 2 aromatic rings. The van der Waals surface area contributed by atoms with Crippen LogP contribution in [0, 0.1) is 12.7 Å². The van der Waals surface area contributed by atoms with Gasteiger partial charge in [0.1, 0.15) is 10.1 Å². The highest BCUT2D eigenvalue weighted by atomic mass is 32.2. The number of hydrogen-bond donors (Lipinski definition) is 1. The second-order valence-electron chi connectivity index (χ2n) is 5.31. The third kappa shape index (κ3) is 3.66. The summed E-state index contributed by atoms with van der Waals surface area (Å²) < 4.78 is 13.8. The zero-order valence-electron chi connectivity index (χ0n) is 13.0. The third-order valence-corrected chi connectivity index (χ3v) is 4.98.